The molecule has 1 aliphatic carbocycles. The van der Waals surface area contributed by atoms with E-state index >= 15 is 0 Å². The monoisotopic (exact) mass is 183 g/mol. The van der Waals surface area contributed by atoms with Gasteiger partial charge in [0.25, 0.3) is 0 Å². The summed E-state index contributed by atoms with van der Waals surface area (Å²) in [6, 6.07) is 0. The highest BCUT2D eigenvalue weighted by atomic mass is 32.1. The number of hydrogen-bond donors (Lipinski definition) is 1. The van der Waals surface area contributed by atoms with Crippen molar-refractivity contribution in [3.63, 3.8) is 0 Å². The summed E-state index contributed by atoms with van der Waals surface area (Å²) in [6.45, 7) is 0.679. The first-order valence-corrected chi connectivity index (χ1v) is 5.21. The van der Waals surface area contributed by atoms with Crippen LogP contribution in [-0.4, -0.2) is 16.7 Å². The first kappa shape index (κ1) is 8.13. The van der Waals surface area contributed by atoms with Crippen LogP contribution in [0.1, 0.15) is 22.9 Å². The van der Waals surface area contributed by atoms with Gasteiger partial charge in [0.2, 0.25) is 0 Å². The third-order valence-electron chi connectivity index (χ3n) is 2.03. The molecule has 1 aromatic heterocycles. The molecule has 2 rings (SSSR count). The molecule has 0 radical (unpaired) electrons. The molecule has 0 spiro atoms. The van der Waals surface area contributed by atoms with Gasteiger partial charge in [0.05, 0.1) is 0 Å². The zero-order chi connectivity index (χ0) is 8.39. The van der Waals surface area contributed by atoms with Crippen LogP contribution < -0.4 is 5.73 Å². The maximum atomic E-state index is 5.42. The zero-order valence-corrected chi connectivity index (χ0v) is 7.81. The standard InChI is InChI=1S/C8H13N3S/c9-4-3-7-10-11-8(12-7)5-6-1-2-6/h6H,1-5,9H2. The Kier molecular flexibility index (Phi) is 2.37. The summed E-state index contributed by atoms with van der Waals surface area (Å²) in [4.78, 5) is 0. The summed E-state index contributed by atoms with van der Waals surface area (Å²) in [5.74, 6) is 0.906. The first-order valence-electron chi connectivity index (χ1n) is 4.40. The highest BCUT2D eigenvalue weighted by Gasteiger charge is 2.23. The Hall–Kier alpha value is -0.480. The van der Waals surface area contributed by atoms with E-state index in [0.29, 0.717) is 6.54 Å². The first-order chi connectivity index (χ1) is 5.88. The SMILES string of the molecule is NCCc1nnc(CC2CC2)s1. The lowest BCUT2D eigenvalue weighted by Crippen LogP contribution is -2.01. The highest BCUT2D eigenvalue weighted by molar-refractivity contribution is 7.11. The third kappa shape index (κ3) is 2.01. The third-order valence-corrected chi connectivity index (χ3v) is 3.03. The molecule has 1 heterocycles. The predicted octanol–water partition coefficient (Wildman–Crippen LogP) is 0.992. The average Bonchev–Trinajstić information content (AvgIpc) is 2.74. The highest BCUT2D eigenvalue weighted by Crippen LogP contribution is 2.33. The van der Waals surface area contributed by atoms with Crippen LogP contribution >= 0.6 is 11.3 Å². The molecule has 1 saturated carbocycles. The van der Waals surface area contributed by atoms with Crippen molar-refractivity contribution in [3.05, 3.63) is 10.0 Å². The molecule has 0 unspecified atom stereocenters. The van der Waals surface area contributed by atoms with Gasteiger partial charge in [-0.3, -0.25) is 0 Å². The van der Waals surface area contributed by atoms with Crippen molar-refractivity contribution in [2.75, 3.05) is 6.54 Å². The molecule has 0 aromatic carbocycles. The van der Waals surface area contributed by atoms with Gasteiger partial charge in [-0.1, -0.05) is 0 Å². The van der Waals surface area contributed by atoms with Crippen molar-refractivity contribution in [1.82, 2.24) is 10.2 Å². The van der Waals surface area contributed by atoms with E-state index in [1.807, 2.05) is 0 Å². The summed E-state index contributed by atoms with van der Waals surface area (Å²) in [7, 11) is 0. The average molecular weight is 183 g/mol. The summed E-state index contributed by atoms with van der Waals surface area (Å²) < 4.78 is 0. The fourth-order valence-corrected chi connectivity index (χ4v) is 2.14. The summed E-state index contributed by atoms with van der Waals surface area (Å²) in [5.41, 5.74) is 5.42. The summed E-state index contributed by atoms with van der Waals surface area (Å²) in [5, 5.41) is 10.5. The minimum atomic E-state index is 0.679. The van der Waals surface area contributed by atoms with E-state index in [1.165, 1.54) is 17.8 Å². The number of hydrogen-bond acceptors (Lipinski definition) is 4. The van der Waals surface area contributed by atoms with Crippen molar-refractivity contribution < 1.29 is 0 Å². The molecule has 0 bridgehead atoms. The minimum absolute atomic E-state index is 0.679. The molecule has 2 N–H and O–H groups in total. The lowest BCUT2D eigenvalue weighted by Gasteiger charge is -1.87. The number of nitrogens with two attached hydrogens (primary N) is 1. The molecule has 66 valence electrons. The van der Waals surface area contributed by atoms with Crippen molar-refractivity contribution >= 4 is 11.3 Å². The second-order valence-corrected chi connectivity index (χ2v) is 4.42. The van der Waals surface area contributed by atoms with Gasteiger partial charge in [-0.2, -0.15) is 0 Å². The van der Waals surface area contributed by atoms with Crippen LogP contribution in [0.3, 0.4) is 0 Å². The fourth-order valence-electron chi connectivity index (χ4n) is 1.16. The lowest BCUT2D eigenvalue weighted by atomic mass is 10.3. The minimum Gasteiger partial charge on any atom is -0.330 e. The van der Waals surface area contributed by atoms with Gasteiger partial charge < -0.3 is 5.73 Å². The largest absolute Gasteiger partial charge is 0.330 e. The van der Waals surface area contributed by atoms with Crippen LogP contribution in [-0.2, 0) is 12.8 Å². The van der Waals surface area contributed by atoms with Gasteiger partial charge in [-0.05, 0) is 25.3 Å². The molecule has 12 heavy (non-hydrogen) atoms. The normalized spacial score (nSPS) is 16.8. The van der Waals surface area contributed by atoms with Crippen LogP contribution in [0.15, 0.2) is 0 Å². The van der Waals surface area contributed by atoms with Crippen LogP contribution in [0.4, 0.5) is 0 Å². The van der Waals surface area contributed by atoms with Crippen molar-refractivity contribution in [2.45, 2.75) is 25.7 Å². The molecule has 3 nitrogen and oxygen atoms in total. The van der Waals surface area contributed by atoms with E-state index in [0.717, 1.165) is 23.8 Å². The predicted molar refractivity (Wildman–Crippen MR) is 49.1 cm³/mol. The van der Waals surface area contributed by atoms with E-state index in [9.17, 15) is 0 Å². The quantitative estimate of drug-likeness (QED) is 0.757. The van der Waals surface area contributed by atoms with Gasteiger partial charge in [-0.25, -0.2) is 0 Å². The van der Waals surface area contributed by atoms with Crippen molar-refractivity contribution in [2.24, 2.45) is 11.7 Å². The molecule has 0 aliphatic heterocycles. The number of rotatable bonds is 4. The molecule has 1 aromatic rings. The molecular weight excluding hydrogens is 170 g/mol. The van der Waals surface area contributed by atoms with Gasteiger partial charge in [-0.15, -0.1) is 21.5 Å². The molecule has 0 amide bonds. The maximum Gasteiger partial charge on any atom is 0.118 e. The van der Waals surface area contributed by atoms with E-state index in [4.69, 9.17) is 5.73 Å². The Morgan fingerprint density at radius 3 is 2.75 bits per heavy atom. The fraction of sp³-hybridized carbons (Fsp3) is 0.750. The lowest BCUT2D eigenvalue weighted by molar-refractivity contribution is 0.800. The Balaban J connectivity index is 1.92. The van der Waals surface area contributed by atoms with E-state index in [-0.39, 0.29) is 0 Å². The topological polar surface area (TPSA) is 51.8 Å². The summed E-state index contributed by atoms with van der Waals surface area (Å²) >= 11 is 1.72. The van der Waals surface area contributed by atoms with Gasteiger partial charge in [0, 0.05) is 12.8 Å². The van der Waals surface area contributed by atoms with Crippen LogP contribution in [0.2, 0.25) is 0 Å². The van der Waals surface area contributed by atoms with Crippen molar-refractivity contribution in [3.8, 4) is 0 Å². The van der Waals surface area contributed by atoms with Crippen LogP contribution in [0.25, 0.3) is 0 Å². The van der Waals surface area contributed by atoms with Crippen molar-refractivity contribution in [1.29, 1.82) is 0 Å². The van der Waals surface area contributed by atoms with E-state index in [1.54, 1.807) is 11.3 Å². The van der Waals surface area contributed by atoms with Crippen LogP contribution in [0, 0.1) is 5.92 Å². The second-order valence-electron chi connectivity index (χ2n) is 3.28. The van der Waals surface area contributed by atoms with Gasteiger partial charge in [0.15, 0.2) is 0 Å². The molecule has 1 aliphatic rings. The molecular formula is C8H13N3S. The van der Waals surface area contributed by atoms with Gasteiger partial charge in [0.1, 0.15) is 10.0 Å². The second kappa shape index (κ2) is 3.49. The smallest absolute Gasteiger partial charge is 0.118 e. The van der Waals surface area contributed by atoms with E-state index in [2.05, 4.69) is 10.2 Å². The molecule has 4 heteroatoms. The number of aromatic nitrogens is 2. The molecule has 0 atom stereocenters. The van der Waals surface area contributed by atoms with Gasteiger partial charge >= 0.3 is 0 Å². The van der Waals surface area contributed by atoms with Crippen LogP contribution in [0.5, 0.6) is 0 Å². The molecule has 1 fully saturated rings. The Morgan fingerprint density at radius 1 is 1.33 bits per heavy atom. The molecule has 0 saturated heterocycles. The Morgan fingerprint density at radius 2 is 2.08 bits per heavy atom. The summed E-state index contributed by atoms with van der Waals surface area (Å²) in [6.07, 6.45) is 4.78. The Bertz CT molecular complexity index is 255. The van der Waals surface area contributed by atoms with E-state index < -0.39 is 0 Å². The number of nitrogens with zero attached hydrogens (tertiary/aromatic N) is 2. The Labute approximate surface area is 76.0 Å². The maximum absolute atomic E-state index is 5.42. The zero-order valence-electron chi connectivity index (χ0n) is 6.99.